The fourth-order valence-corrected chi connectivity index (χ4v) is 2.97. The Kier molecular flexibility index (Phi) is 4.27. The standard InChI is InChI=1S/C11H7BrCl2N2OS/c1-5-7(12)2-3-9(15-5)16-11(17)6-4-8(13)18-10(6)14/h2-4H,1H3,(H,15,16,17). The monoisotopic (exact) mass is 364 g/mol. The third-order valence-corrected chi connectivity index (χ3v) is 4.49. The zero-order valence-electron chi connectivity index (χ0n) is 9.13. The van der Waals surface area contributed by atoms with E-state index < -0.39 is 0 Å². The van der Waals surface area contributed by atoms with Gasteiger partial charge in [0.15, 0.2) is 0 Å². The number of pyridine rings is 1. The number of rotatable bonds is 2. The summed E-state index contributed by atoms with van der Waals surface area (Å²) in [6, 6.07) is 5.06. The molecule has 94 valence electrons. The Morgan fingerprint density at radius 3 is 2.72 bits per heavy atom. The van der Waals surface area contributed by atoms with Crippen LogP contribution in [0.25, 0.3) is 0 Å². The summed E-state index contributed by atoms with van der Waals surface area (Å²) in [4.78, 5) is 16.2. The second-order valence-corrected chi connectivity index (χ2v) is 6.60. The fraction of sp³-hybridized carbons (Fsp3) is 0.0909. The molecule has 1 N–H and O–H groups in total. The van der Waals surface area contributed by atoms with E-state index in [1.807, 2.05) is 13.0 Å². The second kappa shape index (κ2) is 5.57. The van der Waals surface area contributed by atoms with Gasteiger partial charge in [-0.1, -0.05) is 23.2 Å². The van der Waals surface area contributed by atoms with Crippen LogP contribution in [0.15, 0.2) is 22.7 Å². The molecule has 2 aromatic rings. The summed E-state index contributed by atoms with van der Waals surface area (Å²) < 4.78 is 1.73. The highest BCUT2D eigenvalue weighted by Crippen LogP contribution is 2.31. The molecular weight excluding hydrogens is 359 g/mol. The van der Waals surface area contributed by atoms with Crippen LogP contribution in [-0.2, 0) is 0 Å². The van der Waals surface area contributed by atoms with Gasteiger partial charge in [0.2, 0.25) is 0 Å². The molecule has 0 unspecified atom stereocenters. The molecule has 0 saturated heterocycles. The van der Waals surface area contributed by atoms with Crippen molar-refractivity contribution in [2.24, 2.45) is 0 Å². The third kappa shape index (κ3) is 3.03. The second-order valence-electron chi connectivity index (χ2n) is 3.46. The van der Waals surface area contributed by atoms with Crippen LogP contribution < -0.4 is 5.32 Å². The summed E-state index contributed by atoms with van der Waals surface area (Å²) in [6.07, 6.45) is 0. The minimum atomic E-state index is -0.322. The summed E-state index contributed by atoms with van der Waals surface area (Å²) in [6.45, 7) is 1.84. The Balaban J connectivity index is 2.21. The van der Waals surface area contributed by atoms with E-state index in [0.717, 1.165) is 21.5 Å². The molecular formula is C11H7BrCl2N2OS. The van der Waals surface area contributed by atoms with Crippen molar-refractivity contribution in [2.45, 2.75) is 6.92 Å². The maximum Gasteiger partial charge on any atom is 0.259 e. The average molecular weight is 366 g/mol. The van der Waals surface area contributed by atoms with Gasteiger partial charge in [-0.25, -0.2) is 4.98 Å². The first-order valence-electron chi connectivity index (χ1n) is 4.86. The van der Waals surface area contributed by atoms with E-state index in [0.29, 0.717) is 20.1 Å². The first-order chi connectivity index (χ1) is 8.47. The molecule has 7 heteroatoms. The Bertz CT molecular complexity index is 615. The van der Waals surface area contributed by atoms with Crippen molar-refractivity contribution in [2.75, 3.05) is 5.32 Å². The number of thiophene rings is 1. The fourth-order valence-electron chi connectivity index (χ4n) is 1.29. The number of carbonyl (C=O) groups excluding carboxylic acids is 1. The molecule has 0 aliphatic carbocycles. The summed E-state index contributed by atoms with van der Waals surface area (Å²) in [7, 11) is 0. The van der Waals surface area contributed by atoms with Crippen molar-refractivity contribution >= 4 is 62.2 Å². The Hall–Kier alpha value is -0.620. The number of hydrogen-bond donors (Lipinski definition) is 1. The van der Waals surface area contributed by atoms with Crippen molar-refractivity contribution < 1.29 is 4.79 Å². The van der Waals surface area contributed by atoms with Gasteiger partial charge in [-0.05, 0) is 41.1 Å². The molecule has 0 bridgehead atoms. The summed E-state index contributed by atoms with van der Waals surface area (Å²) in [5.41, 5.74) is 1.15. The number of anilines is 1. The van der Waals surface area contributed by atoms with Crippen LogP contribution in [0.3, 0.4) is 0 Å². The van der Waals surface area contributed by atoms with E-state index in [1.165, 1.54) is 6.07 Å². The third-order valence-electron chi connectivity index (χ3n) is 2.16. The van der Waals surface area contributed by atoms with E-state index in [4.69, 9.17) is 23.2 Å². The zero-order chi connectivity index (χ0) is 13.3. The molecule has 0 fully saturated rings. The quantitative estimate of drug-likeness (QED) is 0.832. The molecule has 2 heterocycles. The number of hydrogen-bond acceptors (Lipinski definition) is 3. The summed E-state index contributed by atoms with van der Waals surface area (Å²) in [5, 5.41) is 2.67. The number of carbonyl (C=O) groups is 1. The van der Waals surface area contributed by atoms with E-state index in [9.17, 15) is 4.79 Å². The van der Waals surface area contributed by atoms with Crippen molar-refractivity contribution in [3.63, 3.8) is 0 Å². The molecule has 18 heavy (non-hydrogen) atoms. The van der Waals surface area contributed by atoms with Crippen LogP contribution >= 0.6 is 50.5 Å². The maximum absolute atomic E-state index is 11.9. The van der Waals surface area contributed by atoms with E-state index in [-0.39, 0.29) is 5.91 Å². The highest BCUT2D eigenvalue weighted by atomic mass is 79.9. The topological polar surface area (TPSA) is 42.0 Å². The number of amides is 1. The molecule has 0 spiro atoms. The molecule has 2 rings (SSSR count). The summed E-state index contributed by atoms with van der Waals surface area (Å²) >= 11 is 16.2. The lowest BCUT2D eigenvalue weighted by atomic mass is 10.3. The molecule has 1 amide bonds. The molecule has 2 aromatic heterocycles. The normalized spacial score (nSPS) is 10.4. The van der Waals surface area contributed by atoms with E-state index in [1.54, 1.807) is 6.07 Å². The van der Waals surface area contributed by atoms with Crippen LogP contribution in [0.4, 0.5) is 5.82 Å². The first-order valence-corrected chi connectivity index (χ1v) is 7.23. The predicted molar refractivity (Wildman–Crippen MR) is 79.0 cm³/mol. The molecule has 0 saturated carbocycles. The molecule has 0 aliphatic heterocycles. The maximum atomic E-state index is 11.9. The Morgan fingerprint density at radius 1 is 1.44 bits per heavy atom. The number of halogens is 3. The average Bonchev–Trinajstić information content (AvgIpc) is 2.63. The smallest absolute Gasteiger partial charge is 0.259 e. The van der Waals surface area contributed by atoms with Crippen LogP contribution in [0, 0.1) is 6.92 Å². The molecule has 0 atom stereocenters. The van der Waals surface area contributed by atoms with Crippen LogP contribution in [0.5, 0.6) is 0 Å². The minimum absolute atomic E-state index is 0.322. The lowest BCUT2D eigenvalue weighted by molar-refractivity contribution is 0.102. The van der Waals surface area contributed by atoms with Crippen LogP contribution in [0.1, 0.15) is 16.1 Å². The van der Waals surface area contributed by atoms with Gasteiger partial charge >= 0.3 is 0 Å². The highest BCUT2D eigenvalue weighted by Gasteiger charge is 2.15. The number of nitrogens with zero attached hydrogens (tertiary/aromatic N) is 1. The van der Waals surface area contributed by atoms with Gasteiger partial charge in [-0.15, -0.1) is 11.3 Å². The minimum Gasteiger partial charge on any atom is -0.306 e. The van der Waals surface area contributed by atoms with Gasteiger partial charge in [0, 0.05) is 4.47 Å². The molecule has 0 aliphatic rings. The largest absolute Gasteiger partial charge is 0.306 e. The van der Waals surface area contributed by atoms with E-state index in [2.05, 4.69) is 26.2 Å². The van der Waals surface area contributed by atoms with Crippen molar-refractivity contribution in [3.8, 4) is 0 Å². The first kappa shape index (κ1) is 13.8. The van der Waals surface area contributed by atoms with Crippen LogP contribution in [-0.4, -0.2) is 10.9 Å². The van der Waals surface area contributed by atoms with Crippen molar-refractivity contribution in [1.82, 2.24) is 4.98 Å². The van der Waals surface area contributed by atoms with Gasteiger partial charge in [-0.2, -0.15) is 0 Å². The number of nitrogens with one attached hydrogen (secondary N) is 1. The SMILES string of the molecule is Cc1nc(NC(=O)c2cc(Cl)sc2Cl)ccc1Br. The van der Waals surface area contributed by atoms with Gasteiger partial charge < -0.3 is 5.32 Å². The number of aryl methyl sites for hydroxylation is 1. The highest BCUT2D eigenvalue weighted by molar-refractivity contribution is 9.10. The van der Waals surface area contributed by atoms with Crippen LogP contribution in [0.2, 0.25) is 8.67 Å². The molecule has 0 aromatic carbocycles. The van der Waals surface area contributed by atoms with Gasteiger partial charge in [0.25, 0.3) is 5.91 Å². The zero-order valence-corrected chi connectivity index (χ0v) is 13.0. The van der Waals surface area contributed by atoms with Gasteiger partial charge in [0.1, 0.15) is 10.2 Å². The van der Waals surface area contributed by atoms with Crippen molar-refractivity contribution in [1.29, 1.82) is 0 Å². The van der Waals surface area contributed by atoms with Gasteiger partial charge in [-0.3, -0.25) is 4.79 Å². The van der Waals surface area contributed by atoms with Crippen molar-refractivity contribution in [3.05, 3.63) is 42.6 Å². The summed E-state index contributed by atoms with van der Waals surface area (Å²) in [5.74, 6) is 0.150. The number of aromatic nitrogens is 1. The Labute approximate surface area is 126 Å². The van der Waals surface area contributed by atoms with Gasteiger partial charge in [0.05, 0.1) is 15.6 Å². The molecule has 0 radical (unpaired) electrons. The predicted octanol–water partition coefficient (Wildman–Crippen LogP) is 4.77. The van der Waals surface area contributed by atoms with E-state index >= 15 is 0 Å². The Morgan fingerprint density at radius 2 is 2.17 bits per heavy atom. The lowest BCUT2D eigenvalue weighted by Crippen LogP contribution is -2.12. The lowest BCUT2D eigenvalue weighted by Gasteiger charge is -2.05. The molecule has 3 nitrogen and oxygen atoms in total.